The number of rotatable bonds is 5. The molecule has 168 valence electrons. The van der Waals surface area contributed by atoms with Gasteiger partial charge < -0.3 is 19.5 Å². The summed E-state index contributed by atoms with van der Waals surface area (Å²) in [7, 11) is 0. The number of carbonyl (C=O) groups is 2. The molecule has 3 saturated heterocycles. The zero-order valence-electron chi connectivity index (χ0n) is 17.0. The van der Waals surface area contributed by atoms with Gasteiger partial charge in [-0.15, -0.1) is 0 Å². The minimum Gasteiger partial charge on any atom is -0.616 e. The Morgan fingerprint density at radius 2 is 1.81 bits per heavy atom. The zero-order chi connectivity index (χ0) is 21.7. The molecule has 2 bridgehead atoms. The third kappa shape index (κ3) is 3.84. The van der Waals surface area contributed by atoms with Gasteiger partial charge in [0.2, 0.25) is 5.91 Å². The van der Waals surface area contributed by atoms with Gasteiger partial charge in [0.15, 0.2) is 11.6 Å². The number of nitrogens with one attached hydrogen (secondary N) is 1. The highest BCUT2D eigenvalue weighted by Crippen LogP contribution is 2.40. The van der Waals surface area contributed by atoms with E-state index in [0.29, 0.717) is 11.5 Å². The first-order valence-corrected chi connectivity index (χ1v) is 12.3. The van der Waals surface area contributed by atoms with Crippen LogP contribution in [0.25, 0.3) is 0 Å². The quantitative estimate of drug-likeness (QED) is 0.692. The van der Waals surface area contributed by atoms with E-state index in [1.165, 1.54) is 4.90 Å². The van der Waals surface area contributed by atoms with Gasteiger partial charge in [0.05, 0.1) is 30.9 Å². The van der Waals surface area contributed by atoms with Crippen LogP contribution in [-0.4, -0.2) is 59.3 Å². The number of fused-ring (bicyclic) bond motifs is 2. The molecule has 0 spiro atoms. The molecule has 1 aromatic carbocycles. The maximum absolute atomic E-state index is 15.0. The van der Waals surface area contributed by atoms with Crippen molar-refractivity contribution < 1.29 is 27.7 Å². The molecule has 4 aliphatic rings. The fourth-order valence-electron chi connectivity index (χ4n) is 4.97. The number of benzene rings is 1. The average Bonchev–Trinajstić information content (AvgIpc) is 3.15. The monoisotopic (exact) mass is 453 g/mol. The van der Waals surface area contributed by atoms with Gasteiger partial charge in [-0.05, 0) is 36.9 Å². The standard InChI is InChI=1S/C21H25F2N3O4S/c22-17-6-15(7-18(23)19(17)26-13-4-5-14(26)11-31(29)10-13)25-9-16(30-21(25)28)8-24-20(27)12-2-1-3-12/h6-7,12-14,16H,1-5,8-11H2,(H,24,27)/t13?,14?,16-,31?/m0/s1. The van der Waals surface area contributed by atoms with Crippen LogP contribution < -0.4 is 15.1 Å². The van der Waals surface area contributed by atoms with Crippen LogP contribution in [0.3, 0.4) is 0 Å². The third-order valence-electron chi connectivity index (χ3n) is 6.80. The van der Waals surface area contributed by atoms with E-state index >= 15 is 8.78 Å². The SMILES string of the molecule is O=C(NC[C@H]1CN(c2cc(F)c(N3C4CCC3C[S+]([O-])C4)c(F)c2)C(=O)O1)C1CCC1. The summed E-state index contributed by atoms with van der Waals surface area (Å²) in [6.45, 7) is 0.283. The predicted octanol–water partition coefficient (Wildman–Crippen LogP) is 2.31. The summed E-state index contributed by atoms with van der Waals surface area (Å²) in [4.78, 5) is 27.2. The van der Waals surface area contributed by atoms with Crippen LogP contribution in [0.15, 0.2) is 12.1 Å². The van der Waals surface area contributed by atoms with Crippen LogP contribution >= 0.6 is 0 Å². The molecule has 3 aliphatic heterocycles. The van der Waals surface area contributed by atoms with Crippen LogP contribution in [0.2, 0.25) is 0 Å². The lowest BCUT2D eigenvalue weighted by atomic mass is 9.85. The number of cyclic esters (lactones) is 1. The van der Waals surface area contributed by atoms with Crippen molar-refractivity contribution in [1.82, 2.24) is 5.32 Å². The van der Waals surface area contributed by atoms with Gasteiger partial charge in [0.1, 0.15) is 23.3 Å². The van der Waals surface area contributed by atoms with E-state index in [4.69, 9.17) is 4.74 Å². The van der Waals surface area contributed by atoms with E-state index in [9.17, 15) is 14.1 Å². The Balaban J connectivity index is 1.29. The van der Waals surface area contributed by atoms with Gasteiger partial charge in [0, 0.05) is 18.1 Å². The summed E-state index contributed by atoms with van der Waals surface area (Å²) < 4.78 is 47.3. The summed E-state index contributed by atoms with van der Waals surface area (Å²) in [5.74, 6) is -0.651. The number of ether oxygens (including phenoxy) is 1. The summed E-state index contributed by atoms with van der Waals surface area (Å²) in [6, 6.07) is 2.05. The summed E-state index contributed by atoms with van der Waals surface area (Å²) >= 11 is -0.952. The maximum Gasteiger partial charge on any atom is 0.414 e. The van der Waals surface area contributed by atoms with Gasteiger partial charge in [0.25, 0.3) is 0 Å². The Kier molecular flexibility index (Phi) is 5.45. The van der Waals surface area contributed by atoms with E-state index in [-0.39, 0.29) is 48.4 Å². The molecular formula is C21H25F2N3O4S. The topological polar surface area (TPSA) is 84.9 Å². The Bertz CT molecular complexity index is 862. The molecule has 4 fully saturated rings. The van der Waals surface area contributed by atoms with Crippen molar-refractivity contribution >= 4 is 34.6 Å². The molecule has 0 aromatic heterocycles. The number of carbonyl (C=O) groups excluding carboxylic acids is 2. The molecule has 1 aliphatic carbocycles. The summed E-state index contributed by atoms with van der Waals surface area (Å²) in [6.07, 6.45) is 3.07. The normalized spacial score (nSPS) is 30.4. The number of halogens is 2. The molecular weight excluding hydrogens is 428 g/mol. The van der Waals surface area contributed by atoms with Crippen molar-refractivity contribution in [1.29, 1.82) is 0 Å². The predicted molar refractivity (Wildman–Crippen MR) is 111 cm³/mol. The fraction of sp³-hybridized carbons (Fsp3) is 0.619. The van der Waals surface area contributed by atoms with Crippen molar-refractivity contribution in [2.24, 2.45) is 5.92 Å². The fourth-order valence-corrected chi connectivity index (χ4v) is 6.62. The van der Waals surface area contributed by atoms with Crippen LogP contribution in [0.5, 0.6) is 0 Å². The first-order valence-electron chi connectivity index (χ1n) is 10.8. The average molecular weight is 454 g/mol. The molecule has 7 nitrogen and oxygen atoms in total. The lowest BCUT2D eigenvalue weighted by Crippen LogP contribution is -2.49. The molecule has 2 amide bonds. The molecule has 3 atom stereocenters. The number of hydrogen-bond donors (Lipinski definition) is 1. The van der Waals surface area contributed by atoms with Crippen molar-refractivity contribution in [3.63, 3.8) is 0 Å². The first kappa shape index (κ1) is 20.8. The van der Waals surface area contributed by atoms with Crippen LogP contribution in [0.4, 0.5) is 25.0 Å². The minimum absolute atomic E-state index is 0.0338. The smallest absolute Gasteiger partial charge is 0.414 e. The number of amides is 2. The van der Waals surface area contributed by atoms with E-state index in [0.717, 1.165) is 44.2 Å². The Labute approximate surface area is 182 Å². The molecule has 2 unspecified atom stereocenters. The largest absolute Gasteiger partial charge is 0.616 e. The number of anilines is 2. The van der Waals surface area contributed by atoms with Crippen molar-refractivity contribution in [2.45, 2.75) is 50.3 Å². The Morgan fingerprint density at radius 1 is 1.16 bits per heavy atom. The number of nitrogens with zero attached hydrogens (tertiary/aromatic N) is 2. The summed E-state index contributed by atoms with van der Waals surface area (Å²) in [5.41, 5.74) is -0.0191. The second-order valence-corrected chi connectivity index (χ2v) is 10.4. The van der Waals surface area contributed by atoms with Crippen molar-refractivity contribution in [3.05, 3.63) is 23.8 Å². The lowest BCUT2D eigenvalue weighted by Gasteiger charge is -2.37. The molecule has 10 heteroatoms. The van der Waals surface area contributed by atoms with Crippen LogP contribution in [0.1, 0.15) is 32.1 Å². The zero-order valence-corrected chi connectivity index (χ0v) is 17.8. The van der Waals surface area contributed by atoms with Gasteiger partial charge >= 0.3 is 6.09 Å². The minimum atomic E-state index is -0.952. The molecule has 3 heterocycles. The Hall–Kier alpha value is -2.07. The van der Waals surface area contributed by atoms with Gasteiger partial charge in [-0.25, -0.2) is 13.6 Å². The van der Waals surface area contributed by atoms with Crippen LogP contribution in [-0.2, 0) is 20.7 Å². The lowest BCUT2D eigenvalue weighted by molar-refractivity contribution is -0.127. The highest BCUT2D eigenvalue weighted by Gasteiger charge is 2.45. The summed E-state index contributed by atoms with van der Waals surface area (Å²) in [5, 5.41) is 2.79. The van der Waals surface area contributed by atoms with Crippen molar-refractivity contribution in [2.75, 3.05) is 34.4 Å². The molecule has 5 rings (SSSR count). The van der Waals surface area contributed by atoms with E-state index in [1.807, 2.05) is 0 Å². The molecule has 31 heavy (non-hydrogen) atoms. The molecule has 1 N–H and O–H groups in total. The van der Waals surface area contributed by atoms with Gasteiger partial charge in [-0.3, -0.25) is 9.69 Å². The third-order valence-corrected chi connectivity index (χ3v) is 8.32. The van der Waals surface area contributed by atoms with Crippen LogP contribution in [0, 0.1) is 17.6 Å². The van der Waals surface area contributed by atoms with Gasteiger partial charge in [-0.1, -0.05) is 6.42 Å². The van der Waals surface area contributed by atoms with E-state index in [2.05, 4.69) is 5.32 Å². The Morgan fingerprint density at radius 3 is 2.39 bits per heavy atom. The second kappa shape index (κ2) is 8.12. The molecule has 1 aromatic rings. The second-order valence-electron chi connectivity index (χ2n) is 8.81. The maximum atomic E-state index is 15.0. The first-order chi connectivity index (χ1) is 14.9. The molecule has 0 radical (unpaired) electrons. The highest BCUT2D eigenvalue weighted by atomic mass is 32.2. The molecule has 1 saturated carbocycles. The number of hydrogen-bond acceptors (Lipinski definition) is 5. The van der Waals surface area contributed by atoms with Crippen molar-refractivity contribution in [3.8, 4) is 0 Å². The van der Waals surface area contributed by atoms with E-state index in [1.54, 1.807) is 4.90 Å². The van der Waals surface area contributed by atoms with E-state index < -0.39 is 35.0 Å². The van der Waals surface area contributed by atoms with Gasteiger partial charge in [-0.2, -0.15) is 0 Å². The highest BCUT2D eigenvalue weighted by molar-refractivity contribution is 7.91.